The van der Waals surface area contributed by atoms with Crippen LogP contribution in [0.3, 0.4) is 0 Å². The van der Waals surface area contributed by atoms with E-state index in [0.29, 0.717) is 17.4 Å². The number of hydrogen-bond donors (Lipinski definition) is 2. The SMILES string of the molecule is O=C(NNC(=O)C1C2CCCCC21)c1cccnc1. The van der Waals surface area contributed by atoms with Crippen LogP contribution < -0.4 is 10.9 Å². The third kappa shape index (κ3) is 2.45. The van der Waals surface area contributed by atoms with Crippen molar-refractivity contribution < 1.29 is 9.59 Å². The van der Waals surface area contributed by atoms with E-state index in [2.05, 4.69) is 15.8 Å². The van der Waals surface area contributed by atoms with Gasteiger partial charge in [0.05, 0.1) is 5.56 Å². The van der Waals surface area contributed by atoms with Gasteiger partial charge in [0.1, 0.15) is 0 Å². The molecule has 0 spiro atoms. The van der Waals surface area contributed by atoms with E-state index in [1.54, 1.807) is 18.3 Å². The molecule has 0 aromatic carbocycles. The minimum Gasteiger partial charge on any atom is -0.273 e. The number of rotatable bonds is 2. The van der Waals surface area contributed by atoms with Crippen molar-refractivity contribution in [3.05, 3.63) is 30.1 Å². The third-order valence-corrected chi connectivity index (χ3v) is 4.18. The van der Waals surface area contributed by atoms with Gasteiger partial charge in [0.2, 0.25) is 5.91 Å². The first kappa shape index (κ1) is 12.1. The molecule has 1 heterocycles. The van der Waals surface area contributed by atoms with Gasteiger partial charge < -0.3 is 0 Å². The van der Waals surface area contributed by atoms with E-state index in [1.807, 2.05) is 0 Å². The van der Waals surface area contributed by atoms with Crippen LogP contribution in [0.15, 0.2) is 24.5 Å². The van der Waals surface area contributed by atoms with Crippen molar-refractivity contribution >= 4 is 11.8 Å². The Kier molecular flexibility index (Phi) is 3.19. The summed E-state index contributed by atoms with van der Waals surface area (Å²) in [6.45, 7) is 0. The van der Waals surface area contributed by atoms with Crippen molar-refractivity contribution in [2.45, 2.75) is 25.7 Å². The summed E-state index contributed by atoms with van der Waals surface area (Å²) in [7, 11) is 0. The summed E-state index contributed by atoms with van der Waals surface area (Å²) in [4.78, 5) is 27.6. The van der Waals surface area contributed by atoms with Crippen LogP contribution in [0.4, 0.5) is 0 Å². The second-order valence-electron chi connectivity index (χ2n) is 5.32. The van der Waals surface area contributed by atoms with E-state index < -0.39 is 0 Å². The quantitative estimate of drug-likeness (QED) is 0.786. The Morgan fingerprint density at radius 3 is 2.53 bits per heavy atom. The minimum atomic E-state index is -0.329. The van der Waals surface area contributed by atoms with Crippen LogP contribution in [0.5, 0.6) is 0 Å². The number of aromatic nitrogens is 1. The highest BCUT2D eigenvalue weighted by Crippen LogP contribution is 2.55. The van der Waals surface area contributed by atoms with E-state index in [9.17, 15) is 9.59 Å². The van der Waals surface area contributed by atoms with Crippen LogP contribution in [0, 0.1) is 17.8 Å². The molecule has 19 heavy (non-hydrogen) atoms. The largest absolute Gasteiger partial charge is 0.273 e. The molecular weight excluding hydrogens is 242 g/mol. The number of carbonyl (C=O) groups excluding carboxylic acids is 2. The second kappa shape index (κ2) is 4.99. The second-order valence-corrected chi connectivity index (χ2v) is 5.32. The van der Waals surface area contributed by atoms with Gasteiger partial charge in [-0.1, -0.05) is 12.8 Å². The van der Waals surface area contributed by atoms with E-state index in [0.717, 1.165) is 12.8 Å². The van der Waals surface area contributed by atoms with E-state index in [1.165, 1.54) is 19.0 Å². The molecule has 2 aliphatic carbocycles. The Labute approximate surface area is 111 Å². The molecule has 0 saturated heterocycles. The molecule has 0 radical (unpaired) electrons. The Hall–Kier alpha value is -1.91. The lowest BCUT2D eigenvalue weighted by molar-refractivity contribution is -0.123. The number of hydrogen-bond acceptors (Lipinski definition) is 3. The van der Waals surface area contributed by atoms with Gasteiger partial charge >= 0.3 is 0 Å². The fourth-order valence-corrected chi connectivity index (χ4v) is 3.15. The lowest BCUT2D eigenvalue weighted by Crippen LogP contribution is -2.42. The first-order valence-electron chi connectivity index (χ1n) is 6.77. The highest BCUT2D eigenvalue weighted by atomic mass is 16.2. The summed E-state index contributed by atoms with van der Waals surface area (Å²) in [5.41, 5.74) is 5.43. The van der Waals surface area contributed by atoms with Gasteiger partial charge in [-0.05, 0) is 36.8 Å². The molecule has 1 aromatic rings. The summed E-state index contributed by atoms with van der Waals surface area (Å²) >= 11 is 0. The molecule has 2 fully saturated rings. The lowest BCUT2D eigenvalue weighted by Gasteiger charge is -2.06. The molecule has 2 amide bonds. The molecule has 2 saturated carbocycles. The number of nitrogens with one attached hydrogen (secondary N) is 2. The molecule has 1 aromatic heterocycles. The predicted octanol–water partition coefficient (Wildman–Crippen LogP) is 1.28. The van der Waals surface area contributed by atoms with Crippen LogP contribution in [0.1, 0.15) is 36.0 Å². The van der Waals surface area contributed by atoms with Gasteiger partial charge in [0, 0.05) is 18.3 Å². The zero-order chi connectivity index (χ0) is 13.2. The first-order valence-corrected chi connectivity index (χ1v) is 6.77. The standard InChI is InChI=1S/C14H17N3O2/c18-13(9-4-3-7-15-8-9)16-17-14(19)12-10-5-1-2-6-11(10)12/h3-4,7-8,10-12H,1-2,5-6H2,(H,16,18)(H,17,19). The summed E-state index contributed by atoms with van der Waals surface area (Å²) in [6, 6.07) is 3.34. The zero-order valence-electron chi connectivity index (χ0n) is 10.6. The monoisotopic (exact) mass is 259 g/mol. The summed E-state index contributed by atoms with van der Waals surface area (Å²) in [6.07, 6.45) is 7.83. The number of nitrogens with zero attached hydrogens (tertiary/aromatic N) is 1. The van der Waals surface area contributed by atoms with Crippen molar-refractivity contribution in [1.82, 2.24) is 15.8 Å². The molecule has 3 rings (SSSR count). The van der Waals surface area contributed by atoms with E-state index in [4.69, 9.17) is 0 Å². The maximum Gasteiger partial charge on any atom is 0.271 e. The van der Waals surface area contributed by atoms with Gasteiger partial charge in [-0.25, -0.2) is 0 Å². The molecule has 2 unspecified atom stereocenters. The summed E-state index contributed by atoms with van der Waals surface area (Å²) in [5.74, 6) is 0.823. The van der Waals surface area contributed by atoms with Crippen LogP contribution in [0.25, 0.3) is 0 Å². The highest BCUT2D eigenvalue weighted by molar-refractivity contribution is 5.95. The fraction of sp³-hybridized carbons (Fsp3) is 0.500. The van der Waals surface area contributed by atoms with Crippen LogP contribution in [-0.2, 0) is 4.79 Å². The molecule has 0 bridgehead atoms. The maximum atomic E-state index is 12.0. The van der Waals surface area contributed by atoms with Crippen LogP contribution in [-0.4, -0.2) is 16.8 Å². The van der Waals surface area contributed by atoms with Crippen molar-refractivity contribution in [2.75, 3.05) is 0 Å². The Morgan fingerprint density at radius 1 is 1.16 bits per heavy atom. The van der Waals surface area contributed by atoms with Crippen molar-refractivity contribution in [1.29, 1.82) is 0 Å². The number of amides is 2. The molecule has 2 atom stereocenters. The molecule has 0 aliphatic heterocycles. The predicted molar refractivity (Wildman–Crippen MR) is 68.8 cm³/mol. The molecule has 100 valence electrons. The molecule has 5 heteroatoms. The topological polar surface area (TPSA) is 71.1 Å². The fourth-order valence-electron chi connectivity index (χ4n) is 3.15. The smallest absolute Gasteiger partial charge is 0.271 e. The Bertz CT molecular complexity index is 477. The number of hydrazine groups is 1. The van der Waals surface area contributed by atoms with Gasteiger partial charge in [0.15, 0.2) is 0 Å². The number of pyridine rings is 1. The van der Waals surface area contributed by atoms with Crippen molar-refractivity contribution in [2.24, 2.45) is 17.8 Å². The zero-order valence-corrected chi connectivity index (χ0v) is 10.6. The number of carbonyl (C=O) groups is 2. The molecule has 2 aliphatic rings. The van der Waals surface area contributed by atoms with Crippen molar-refractivity contribution in [3.8, 4) is 0 Å². The Morgan fingerprint density at radius 2 is 1.89 bits per heavy atom. The van der Waals surface area contributed by atoms with Gasteiger partial charge in [-0.3, -0.25) is 25.4 Å². The lowest BCUT2D eigenvalue weighted by atomic mass is 10.0. The average molecular weight is 259 g/mol. The molecule has 2 N–H and O–H groups in total. The minimum absolute atomic E-state index is 0.0471. The number of fused-ring (bicyclic) bond motifs is 1. The first-order chi connectivity index (χ1) is 9.27. The van der Waals surface area contributed by atoms with E-state index in [-0.39, 0.29) is 17.7 Å². The van der Waals surface area contributed by atoms with Gasteiger partial charge in [0.25, 0.3) is 5.91 Å². The third-order valence-electron chi connectivity index (χ3n) is 4.18. The van der Waals surface area contributed by atoms with Crippen LogP contribution in [0.2, 0.25) is 0 Å². The summed E-state index contributed by atoms with van der Waals surface area (Å²) in [5, 5.41) is 0. The van der Waals surface area contributed by atoms with Gasteiger partial charge in [-0.2, -0.15) is 0 Å². The Balaban J connectivity index is 1.50. The highest BCUT2D eigenvalue weighted by Gasteiger charge is 2.54. The average Bonchev–Trinajstić information content (AvgIpc) is 3.19. The van der Waals surface area contributed by atoms with Crippen LogP contribution >= 0.6 is 0 Å². The van der Waals surface area contributed by atoms with Gasteiger partial charge in [-0.15, -0.1) is 0 Å². The molecule has 5 nitrogen and oxygen atoms in total. The maximum absolute atomic E-state index is 12.0. The normalized spacial score (nSPS) is 28.1. The molecular formula is C14H17N3O2. The van der Waals surface area contributed by atoms with E-state index >= 15 is 0 Å². The summed E-state index contributed by atoms with van der Waals surface area (Å²) < 4.78 is 0. The van der Waals surface area contributed by atoms with Crippen molar-refractivity contribution in [3.63, 3.8) is 0 Å².